The van der Waals surface area contributed by atoms with Gasteiger partial charge < -0.3 is 0 Å². The summed E-state index contributed by atoms with van der Waals surface area (Å²) in [6, 6.07) is 36.1. The monoisotopic (exact) mass is 588 g/mol. The van der Waals surface area contributed by atoms with Crippen LogP contribution in [0.25, 0.3) is 24.3 Å². The molecule has 0 saturated heterocycles. The fraction of sp³-hybridized carbons (Fsp3) is 0.111. The summed E-state index contributed by atoms with van der Waals surface area (Å²) >= 11 is -2.97. The Kier molecular flexibility index (Phi) is 9.19. The summed E-state index contributed by atoms with van der Waals surface area (Å²) in [6.07, 6.45) is 7.68. The number of hydrogen-bond donors (Lipinski definition) is 0. The molecule has 0 amide bonds. The molecule has 0 aliphatic carbocycles. The van der Waals surface area contributed by atoms with Crippen LogP contribution in [-0.4, -0.2) is 18.4 Å². The Balaban J connectivity index is 1.78. The summed E-state index contributed by atoms with van der Waals surface area (Å²) in [7, 11) is 0. The van der Waals surface area contributed by atoms with Crippen LogP contribution in [0.5, 0.6) is 0 Å². The van der Waals surface area contributed by atoms with Crippen molar-refractivity contribution in [1.29, 1.82) is 0 Å². The van der Waals surface area contributed by atoms with Crippen molar-refractivity contribution in [2.75, 3.05) is 0 Å². The van der Waals surface area contributed by atoms with Crippen LogP contribution >= 0.6 is 0 Å². The molecule has 0 fully saturated rings. The zero-order valence-corrected chi connectivity index (χ0v) is 24.6. The number of hydrogen-bond acceptors (Lipinski definition) is 0. The first kappa shape index (κ1) is 26.7. The summed E-state index contributed by atoms with van der Waals surface area (Å²) in [6.45, 7) is 15.7. The van der Waals surface area contributed by atoms with Crippen molar-refractivity contribution in [2.45, 2.75) is 17.7 Å². The Morgan fingerprint density at radius 3 is 0.703 bits per heavy atom. The molecule has 184 valence electrons. The van der Waals surface area contributed by atoms with Crippen molar-refractivity contribution in [3.63, 3.8) is 0 Å². The van der Waals surface area contributed by atoms with Gasteiger partial charge in [0, 0.05) is 0 Å². The molecular formula is C36H36Sn. The van der Waals surface area contributed by atoms with Gasteiger partial charge in [-0.1, -0.05) is 0 Å². The molecule has 4 rings (SSSR count). The van der Waals surface area contributed by atoms with Crippen LogP contribution in [0, 0.1) is 0 Å². The van der Waals surface area contributed by atoms with E-state index in [0.29, 0.717) is 0 Å². The van der Waals surface area contributed by atoms with E-state index in [9.17, 15) is 0 Å². The predicted octanol–water partition coefficient (Wildman–Crippen LogP) is 9.13. The van der Waals surface area contributed by atoms with E-state index in [1.807, 2.05) is 24.3 Å². The molecule has 4 aromatic rings. The zero-order valence-electron chi connectivity index (χ0n) is 21.7. The van der Waals surface area contributed by atoms with Crippen molar-refractivity contribution < 1.29 is 0 Å². The van der Waals surface area contributed by atoms with Crippen LogP contribution in [0.3, 0.4) is 0 Å². The molecule has 0 bridgehead atoms. The summed E-state index contributed by atoms with van der Waals surface area (Å²) in [4.78, 5) is 0. The normalized spacial score (nSPS) is 11.0. The second kappa shape index (κ2) is 12.7. The third-order valence-electron chi connectivity index (χ3n) is 7.18. The van der Waals surface area contributed by atoms with E-state index >= 15 is 0 Å². The third-order valence-corrected chi connectivity index (χ3v) is 20.4. The molecule has 0 heterocycles. The molecule has 0 radical (unpaired) electrons. The molecule has 0 aliphatic rings. The summed E-state index contributed by atoms with van der Waals surface area (Å²) in [5.74, 6) is 0. The van der Waals surface area contributed by atoms with E-state index in [1.165, 1.54) is 62.3 Å². The molecule has 0 unspecified atom stereocenters. The Morgan fingerprint density at radius 2 is 0.541 bits per heavy atom. The molecule has 0 nitrogen and oxygen atoms in total. The van der Waals surface area contributed by atoms with Crippen molar-refractivity contribution in [1.82, 2.24) is 0 Å². The van der Waals surface area contributed by atoms with Gasteiger partial charge in [-0.3, -0.25) is 0 Å². The summed E-state index contributed by atoms with van der Waals surface area (Å²) in [5.41, 5.74) is 10.4. The maximum absolute atomic E-state index is 3.94. The van der Waals surface area contributed by atoms with Crippen molar-refractivity contribution >= 4 is 42.7 Å². The maximum atomic E-state index is 3.94. The average molecular weight is 587 g/mol. The number of rotatable bonds is 12. The second-order valence-electron chi connectivity index (χ2n) is 9.99. The van der Waals surface area contributed by atoms with E-state index < -0.39 is 18.4 Å². The van der Waals surface area contributed by atoms with Crippen LogP contribution < -0.4 is 0 Å². The van der Waals surface area contributed by atoms with Gasteiger partial charge in [0.1, 0.15) is 0 Å². The van der Waals surface area contributed by atoms with Crippen LogP contribution in [0.2, 0.25) is 0 Å². The standard InChI is InChI=1S/4C9H9.Sn/c4*1-3-9-6-4-8(2)5-7-9;/h4*3-7H,1-2H2;. The van der Waals surface area contributed by atoms with Gasteiger partial charge in [0.05, 0.1) is 0 Å². The summed E-state index contributed by atoms with van der Waals surface area (Å²) in [5, 5.41) is 0. The molecule has 0 saturated carbocycles. The van der Waals surface area contributed by atoms with E-state index in [1.54, 1.807) is 0 Å². The minimum atomic E-state index is -2.97. The van der Waals surface area contributed by atoms with E-state index in [4.69, 9.17) is 0 Å². The Bertz CT molecular complexity index is 1120. The molecule has 37 heavy (non-hydrogen) atoms. The van der Waals surface area contributed by atoms with E-state index in [-0.39, 0.29) is 0 Å². The van der Waals surface area contributed by atoms with Crippen LogP contribution in [0.4, 0.5) is 0 Å². The molecule has 0 aromatic heterocycles. The van der Waals surface area contributed by atoms with Gasteiger partial charge in [0.15, 0.2) is 0 Å². The van der Waals surface area contributed by atoms with Gasteiger partial charge in [-0.2, -0.15) is 0 Å². The zero-order chi connectivity index (χ0) is 26.1. The minimum absolute atomic E-state index is 1.17. The van der Waals surface area contributed by atoms with Gasteiger partial charge in [0.25, 0.3) is 0 Å². The van der Waals surface area contributed by atoms with Crippen molar-refractivity contribution in [3.05, 3.63) is 168 Å². The predicted molar refractivity (Wildman–Crippen MR) is 167 cm³/mol. The SMILES string of the molecule is C=Cc1ccc([CH2][Sn]([CH2]c2ccc(C=C)cc2)([CH2]c2ccc(C=C)cc2)[CH2]c2ccc(C=C)cc2)cc1. The average Bonchev–Trinajstić information content (AvgIpc) is 2.94. The molecule has 0 spiro atoms. The van der Waals surface area contributed by atoms with Crippen LogP contribution in [0.1, 0.15) is 44.5 Å². The second-order valence-corrected chi connectivity index (χ2v) is 22.6. The van der Waals surface area contributed by atoms with Gasteiger partial charge >= 0.3 is 228 Å². The topological polar surface area (TPSA) is 0 Å². The van der Waals surface area contributed by atoms with Gasteiger partial charge in [-0.25, -0.2) is 0 Å². The molecule has 0 aliphatic heterocycles. The van der Waals surface area contributed by atoms with Gasteiger partial charge in [-0.05, 0) is 0 Å². The van der Waals surface area contributed by atoms with Gasteiger partial charge in [-0.15, -0.1) is 0 Å². The molecule has 4 aromatic carbocycles. The first-order chi connectivity index (χ1) is 18.0. The quantitative estimate of drug-likeness (QED) is 0.145. The van der Waals surface area contributed by atoms with E-state index in [2.05, 4.69) is 123 Å². The number of benzene rings is 4. The van der Waals surface area contributed by atoms with Crippen LogP contribution in [0.15, 0.2) is 123 Å². The first-order valence-corrected chi connectivity index (χ1v) is 21.0. The Hall–Kier alpha value is -3.36. The summed E-state index contributed by atoms with van der Waals surface area (Å²) < 4.78 is 4.73. The van der Waals surface area contributed by atoms with Crippen molar-refractivity contribution in [3.8, 4) is 0 Å². The first-order valence-electron chi connectivity index (χ1n) is 12.9. The van der Waals surface area contributed by atoms with Crippen molar-refractivity contribution in [2.24, 2.45) is 0 Å². The third kappa shape index (κ3) is 7.33. The molecule has 0 atom stereocenters. The molecular weight excluding hydrogens is 551 g/mol. The van der Waals surface area contributed by atoms with E-state index in [0.717, 1.165) is 0 Å². The Labute approximate surface area is 227 Å². The Morgan fingerprint density at radius 1 is 0.351 bits per heavy atom. The van der Waals surface area contributed by atoms with Gasteiger partial charge in [0.2, 0.25) is 0 Å². The van der Waals surface area contributed by atoms with Crippen LogP contribution in [-0.2, 0) is 17.7 Å². The fourth-order valence-electron chi connectivity index (χ4n) is 5.19. The molecule has 0 N–H and O–H groups in total. The molecule has 1 heteroatoms. The fourth-order valence-corrected chi connectivity index (χ4v) is 19.9.